The lowest BCUT2D eigenvalue weighted by atomic mass is 9.90. The minimum Gasteiger partial charge on any atom is -0.356 e. The summed E-state index contributed by atoms with van der Waals surface area (Å²) in [7, 11) is 0. The smallest absolute Gasteiger partial charge is 0.276 e. The van der Waals surface area contributed by atoms with Crippen LogP contribution in [0.1, 0.15) is 130 Å². The van der Waals surface area contributed by atoms with E-state index in [2.05, 4.69) is 56.5 Å². The molecular formula is C67H69F3N8O7S3. The minimum atomic E-state index is -0.881. The van der Waals surface area contributed by atoms with Gasteiger partial charge in [-0.1, -0.05) is 56.2 Å². The molecule has 8 aromatic rings. The molecule has 0 radical (unpaired) electrons. The van der Waals surface area contributed by atoms with Crippen LogP contribution in [0.5, 0.6) is 0 Å². The third-order valence-corrected chi connectivity index (χ3v) is 20.8. The molecule has 3 aliphatic heterocycles. The lowest BCUT2D eigenvalue weighted by Crippen LogP contribution is -2.59. The molecule has 3 aromatic carbocycles. The van der Waals surface area contributed by atoms with Crippen LogP contribution in [0.3, 0.4) is 0 Å². The first kappa shape index (κ1) is 60.6. The molecule has 0 bridgehead atoms. The summed E-state index contributed by atoms with van der Waals surface area (Å²) in [5.41, 5.74) is 5.69. The number of nitrogens with one attached hydrogen (secondary N) is 3. The molecule has 12 rings (SSSR count). The maximum atomic E-state index is 14.8. The van der Waals surface area contributed by atoms with Crippen LogP contribution >= 0.6 is 34.0 Å². The summed E-state index contributed by atoms with van der Waals surface area (Å²) in [6.45, 7) is 11.7. The maximum absolute atomic E-state index is 14.8. The number of aromatic nitrogens is 2. The van der Waals surface area contributed by atoms with Gasteiger partial charge >= 0.3 is 0 Å². The highest BCUT2D eigenvalue weighted by Crippen LogP contribution is 2.49. The van der Waals surface area contributed by atoms with Gasteiger partial charge in [0.15, 0.2) is 17.2 Å². The molecule has 4 aliphatic rings. The third-order valence-electron chi connectivity index (χ3n) is 17.6. The van der Waals surface area contributed by atoms with Crippen molar-refractivity contribution in [2.75, 3.05) is 19.6 Å². The molecule has 1 saturated carbocycles. The van der Waals surface area contributed by atoms with E-state index in [0.29, 0.717) is 80.7 Å². The topological polar surface area (TPSA) is 183 Å². The summed E-state index contributed by atoms with van der Waals surface area (Å²) in [5.74, 6) is -1.64. The van der Waals surface area contributed by atoms with Gasteiger partial charge in [0.05, 0.1) is 29.9 Å². The number of piperazine rings is 3. The van der Waals surface area contributed by atoms with Crippen molar-refractivity contribution in [3.05, 3.63) is 185 Å². The monoisotopic (exact) mass is 1250 g/mol. The SMILES string of the molecule is Cc1c(CC(C)C[C@H]2C(=O)N[C@@H](c3csc(CC(C)C[C@H]4C(=O)N[C@@H](c5cccs5)CN4Cc4cc(-c5ccc(F)cc5)on4)c3)CN2C(=O)c2cc(-c3ccc(F)cc3)on2)csc1[C@H]1CN(C(=O)[C@@H]2C[C@H]2c2ccc(F)cc2)[C@@H](CC(C)C)C(=O)N1. The zero-order chi connectivity index (χ0) is 61.5. The van der Waals surface area contributed by atoms with Crippen molar-refractivity contribution in [2.45, 2.75) is 122 Å². The van der Waals surface area contributed by atoms with E-state index in [1.165, 1.54) is 53.8 Å². The van der Waals surface area contributed by atoms with Crippen LogP contribution in [0.15, 0.2) is 128 Å². The molecule has 88 heavy (non-hydrogen) atoms. The van der Waals surface area contributed by atoms with Crippen molar-refractivity contribution >= 4 is 63.5 Å². The summed E-state index contributed by atoms with van der Waals surface area (Å²) in [6.07, 6.45) is 3.24. The van der Waals surface area contributed by atoms with Crippen LogP contribution in [0.25, 0.3) is 22.6 Å². The second-order valence-corrected chi connectivity index (χ2v) is 27.6. The lowest BCUT2D eigenvalue weighted by molar-refractivity contribution is -0.146. The Balaban J connectivity index is 0.733. The Kier molecular flexibility index (Phi) is 17.7. The lowest BCUT2D eigenvalue weighted by Gasteiger charge is -2.40. The van der Waals surface area contributed by atoms with E-state index in [9.17, 15) is 37.1 Å². The average molecular weight is 1250 g/mol. The van der Waals surface area contributed by atoms with E-state index < -0.39 is 41.9 Å². The molecule has 3 N–H and O–H groups in total. The van der Waals surface area contributed by atoms with Gasteiger partial charge in [0.2, 0.25) is 23.6 Å². The number of hydrogen-bond acceptors (Lipinski definition) is 13. The number of halogens is 3. The number of amides is 5. The summed E-state index contributed by atoms with van der Waals surface area (Å²) >= 11 is 4.69. The van der Waals surface area contributed by atoms with Gasteiger partial charge in [0.25, 0.3) is 5.91 Å². The van der Waals surface area contributed by atoms with Crippen molar-refractivity contribution in [1.82, 2.24) is 41.0 Å². The van der Waals surface area contributed by atoms with E-state index in [-0.39, 0.29) is 88.9 Å². The Labute approximate surface area is 520 Å². The highest BCUT2D eigenvalue weighted by molar-refractivity contribution is 7.10. The molecule has 2 unspecified atom stereocenters. The van der Waals surface area contributed by atoms with Gasteiger partial charge < -0.3 is 34.8 Å². The summed E-state index contributed by atoms with van der Waals surface area (Å²) < 4.78 is 52.8. The predicted molar refractivity (Wildman–Crippen MR) is 330 cm³/mol. The summed E-state index contributed by atoms with van der Waals surface area (Å²) in [5, 5.41) is 24.4. The number of thiophene rings is 3. The van der Waals surface area contributed by atoms with Crippen LogP contribution in [-0.2, 0) is 38.6 Å². The molecule has 10 atom stereocenters. The predicted octanol–water partition coefficient (Wildman–Crippen LogP) is 12.4. The highest BCUT2D eigenvalue weighted by atomic mass is 32.1. The van der Waals surface area contributed by atoms with Gasteiger partial charge in [0.1, 0.15) is 29.5 Å². The second-order valence-electron chi connectivity index (χ2n) is 24.7. The van der Waals surface area contributed by atoms with Crippen molar-refractivity contribution < 1.29 is 46.2 Å². The Morgan fingerprint density at radius 3 is 1.92 bits per heavy atom. The third kappa shape index (κ3) is 13.3. The fraction of sp³-hybridized carbons (Fsp3) is 0.388. The first-order valence-corrected chi connectivity index (χ1v) is 32.7. The fourth-order valence-electron chi connectivity index (χ4n) is 12.9. The first-order valence-electron chi connectivity index (χ1n) is 30.0. The largest absolute Gasteiger partial charge is 0.356 e. The number of carbonyl (C=O) groups is 5. The molecule has 8 heterocycles. The van der Waals surface area contributed by atoms with Crippen LogP contribution in [0, 0.1) is 48.0 Å². The van der Waals surface area contributed by atoms with Gasteiger partial charge in [-0.05, 0) is 180 Å². The minimum absolute atomic E-state index is 0.00769. The summed E-state index contributed by atoms with van der Waals surface area (Å²) in [4.78, 5) is 80.5. The molecule has 4 fully saturated rings. The van der Waals surface area contributed by atoms with E-state index >= 15 is 0 Å². The Morgan fingerprint density at radius 2 is 1.24 bits per heavy atom. The van der Waals surface area contributed by atoms with Crippen molar-refractivity contribution in [3.8, 4) is 22.6 Å². The van der Waals surface area contributed by atoms with Crippen molar-refractivity contribution in [2.24, 2.45) is 23.7 Å². The second kappa shape index (κ2) is 25.8. The standard InChI is InChI=1S/C67H69F3N8O7S3/c1-36(2)21-57-64(80)73-55(33-77(57)66(82)51-28-50(51)40-8-14-45(68)15-9-40)62-39(5)43(34-88-62)22-37(3)25-58-65(81)71-53(32-78(58)67(83)52-29-60(85-75-52)42-12-18-47(70)19-13-42)44-26-49(87-35-44)23-38(4)24-56-63(79)72-54(61-7-6-20-86-61)31-76(56)30-48-27-59(84-74-48)41-10-16-46(69)17-11-41/h6-20,26-27,29,34-38,50-51,53-58H,21-25,28,30-33H2,1-5H3,(H,71,81)(H,72,79)(H,73,80)/t37?,38?,50-,51+,53+,54+,55+,56-,57-,58-/m0/s1. The zero-order valence-electron chi connectivity index (χ0n) is 49.4. The van der Waals surface area contributed by atoms with Crippen LogP contribution in [0.2, 0.25) is 0 Å². The normalized spacial score (nSPS) is 23.0. The van der Waals surface area contributed by atoms with E-state index in [4.69, 9.17) is 9.05 Å². The number of rotatable bonds is 20. The number of hydrogen-bond donors (Lipinski definition) is 3. The van der Waals surface area contributed by atoms with Gasteiger partial charge in [-0.3, -0.25) is 28.9 Å². The fourth-order valence-corrected chi connectivity index (χ4v) is 15.9. The number of nitrogens with zero attached hydrogens (tertiary/aromatic N) is 5. The first-order chi connectivity index (χ1) is 42.4. The number of carbonyl (C=O) groups excluding carboxylic acids is 5. The maximum Gasteiger partial charge on any atom is 0.276 e. The molecule has 5 aromatic heterocycles. The van der Waals surface area contributed by atoms with Gasteiger partial charge in [0, 0.05) is 70.0 Å². The Morgan fingerprint density at radius 1 is 0.636 bits per heavy atom. The van der Waals surface area contributed by atoms with Crippen molar-refractivity contribution in [1.29, 1.82) is 0 Å². The van der Waals surface area contributed by atoms with Gasteiger partial charge in [-0.25, -0.2) is 13.2 Å². The van der Waals surface area contributed by atoms with E-state index in [0.717, 1.165) is 36.9 Å². The molecule has 1 aliphatic carbocycles. The van der Waals surface area contributed by atoms with Gasteiger partial charge in [-0.2, -0.15) is 0 Å². The van der Waals surface area contributed by atoms with Crippen LogP contribution < -0.4 is 16.0 Å². The van der Waals surface area contributed by atoms with E-state index in [1.807, 2.05) is 49.7 Å². The zero-order valence-corrected chi connectivity index (χ0v) is 51.9. The summed E-state index contributed by atoms with van der Waals surface area (Å²) in [6, 6.07) is 24.3. The molecule has 3 saturated heterocycles. The molecule has 0 spiro atoms. The van der Waals surface area contributed by atoms with Crippen molar-refractivity contribution in [3.63, 3.8) is 0 Å². The Hall–Kier alpha value is -7.72. The molecule has 5 amide bonds. The number of benzene rings is 3. The average Bonchev–Trinajstić information content (AvgIpc) is 1.88. The quantitative estimate of drug-likeness (QED) is 0.0664. The Bertz CT molecular complexity index is 3810. The van der Waals surface area contributed by atoms with Crippen LogP contribution in [-0.4, -0.2) is 92.3 Å². The molecule has 15 nitrogen and oxygen atoms in total. The molecule has 21 heteroatoms. The van der Waals surface area contributed by atoms with Crippen LogP contribution in [0.4, 0.5) is 13.2 Å². The van der Waals surface area contributed by atoms with E-state index in [1.54, 1.807) is 68.9 Å². The highest BCUT2D eigenvalue weighted by Gasteiger charge is 2.50. The van der Waals surface area contributed by atoms with Gasteiger partial charge in [-0.15, -0.1) is 34.0 Å². The molecule has 458 valence electrons. The molecular weight excluding hydrogens is 1180 g/mol.